The maximum absolute atomic E-state index is 11.1. The van der Waals surface area contributed by atoms with Crippen molar-refractivity contribution in [2.24, 2.45) is 11.8 Å². The van der Waals surface area contributed by atoms with Gasteiger partial charge in [-0.1, -0.05) is 65.8 Å². The van der Waals surface area contributed by atoms with Crippen molar-refractivity contribution in [3.8, 4) is 22.6 Å². The van der Waals surface area contributed by atoms with Gasteiger partial charge in [0.1, 0.15) is 11.2 Å². The zero-order valence-corrected chi connectivity index (χ0v) is 24.2. The molecule has 6 aliphatic heterocycles. The molecular weight excluding hydrogens is 526 g/mol. The first-order valence-corrected chi connectivity index (χ1v) is 15.2. The van der Waals surface area contributed by atoms with E-state index in [1.54, 1.807) is 6.92 Å². The van der Waals surface area contributed by atoms with Crippen molar-refractivity contribution in [2.75, 3.05) is 39.3 Å². The zero-order chi connectivity index (χ0) is 28.7. The molecule has 0 amide bonds. The standard InChI is InChI=1S/C18H20N2O.C16H19N3O2/c21-18(13-20-10-8-15(18)9-11-20)16-6-7-17(19-12-16)14-4-2-1-3-5-14;1-11-17-15(18-21-11)12-2-4-13(5-3-12)16(20)10-19-8-6-14(16)7-9-19/h1-7,12,15,21H,8-11,13H2;2-5,14,20H,6-10H2,1H3. The Balaban J connectivity index is 0.000000137. The van der Waals surface area contributed by atoms with Crippen molar-refractivity contribution in [1.82, 2.24) is 24.9 Å². The third kappa shape index (κ3) is 5.07. The molecule has 8 heteroatoms. The second-order valence-corrected chi connectivity index (χ2v) is 12.5. The first-order chi connectivity index (χ1) is 20.4. The molecule has 2 N–H and O–H groups in total. The lowest BCUT2D eigenvalue weighted by Gasteiger charge is -2.50. The van der Waals surface area contributed by atoms with E-state index in [-0.39, 0.29) is 0 Å². The zero-order valence-electron chi connectivity index (χ0n) is 24.2. The molecule has 4 aromatic rings. The van der Waals surface area contributed by atoms with E-state index in [0.717, 1.165) is 92.9 Å². The van der Waals surface area contributed by atoms with E-state index in [2.05, 4.69) is 43.1 Å². The number of hydrogen-bond donors (Lipinski definition) is 2. The van der Waals surface area contributed by atoms with Crippen LogP contribution in [-0.4, -0.2) is 74.4 Å². The van der Waals surface area contributed by atoms with E-state index >= 15 is 0 Å². The predicted molar refractivity (Wildman–Crippen MR) is 160 cm³/mol. The Kier molecular flexibility index (Phi) is 7.18. The molecule has 218 valence electrons. The summed E-state index contributed by atoms with van der Waals surface area (Å²) in [6.45, 7) is 7.77. The predicted octanol–water partition coefficient (Wildman–Crippen LogP) is 4.62. The molecule has 8 heterocycles. The third-order valence-corrected chi connectivity index (χ3v) is 9.96. The van der Waals surface area contributed by atoms with Gasteiger partial charge >= 0.3 is 0 Å². The largest absolute Gasteiger partial charge is 0.384 e. The van der Waals surface area contributed by atoms with Crippen molar-refractivity contribution in [3.63, 3.8) is 0 Å². The summed E-state index contributed by atoms with van der Waals surface area (Å²) in [5.41, 5.74) is 3.55. The highest BCUT2D eigenvalue weighted by Crippen LogP contribution is 2.43. The Morgan fingerprint density at radius 1 is 0.714 bits per heavy atom. The number of aromatic nitrogens is 3. The number of benzene rings is 2. The van der Waals surface area contributed by atoms with E-state index in [0.29, 0.717) is 23.6 Å². The molecule has 2 aromatic heterocycles. The summed E-state index contributed by atoms with van der Waals surface area (Å²) in [7, 11) is 0. The van der Waals surface area contributed by atoms with E-state index in [9.17, 15) is 10.2 Å². The normalized spacial score (nSPS) is 31.4. The van der Waals surface area contributed by atoms with Gasteiger partial charge in [-0.3, -0.25) is 4.98 Å². The molecule has 6 aliphatic rings. The number of hydrogen-bond acceptors (Lipinski definition) is 8. The van der Waals surface area contributed by atoms with Gasteiger partial charge in [0.05, 0.1) is 5.69 Å². The fraction of sp³-hybridized carbons (Fsp3) is 0.441. The first kappa shape index (κ1) is 27.4. The molecule has 6 fully saturated rings. The maximum Gasteiger partial charge on any atom is 0.223 e. The van der Waals surface area contributed by atoms with E-state index in [1.165, 1.54) is 0 Å². The van der Waals surface area contributed by atoms with Crippen molar-refractivity contribution >= 4 is 0 Å². The Labute approximate surface area is 247 Å². The van der Waals surface area contributed by atoms with E-state index < -0.39 is 11.2 Å². The summed E-state index contributed by atoms with van der Waals surface area (Å²) in [6.07, 6.45) is 6.22. The van der Waals surface area contributed by atoms with Crippen LogP contribution in [0.5, 0.6) is 0 Å². The minimum atomic E-state index is -0.710. The second kappa shape index (κ2) is 11.0. The molecule has 2 atom stereocenters. The lowest BCUT2D eigenvalue weighted by Crippen LogP contribution is -2.57. The topological polar surface area (TPSA) is 98.8 Å². The SMILES string of the molecule is Cc1nc(-c2ccc(C3(O)CN4CCC3CC4)cc2)no1.OC1(c2ccc(-c3ccccc3)nc2)CN2CCC1CC2. The van der Waals surface area contributed by atoms with Gasteiger partial charge in [0, 0.05) is 42.9 Å². The number of aryl methyl sites for hydroxylation is 1. The number of fused-ring (bicyclic) bond motifs is 6. The van der Waals surface area contributed by atoms with Gasteiger partial charge in [-0.05, 0) is 75.3 Å². The van der Waals surface area contributed by atoms with Crippen LogP contribution < -0.4 is 0 Å². The fourth-order valence-corrected chi connectivity index (χ4v) is 7.49. The molecule has 42 heavy (non-hydrogen) atoms. The van der Waals surface area contributed by atoms with Gasteiger partial charge in [0.15, 0.2) is 0 Å². The van der Waals surface area contributed by atoms with Crippen LogP contribution in [-0.2, 0) is 11.2 Å². The average Bonchev–Trinajstić information content (AvgIpc) is 3.49. The molecule has 0 aliphatic carbocycles. The number of piperidine rings is 6. The second-order valence-electron chi connectivity index (χ2n) is 12.5. The summed E-state index contributed by atoms with van der Waals surface area (Å²) in [5.74, 6) is 1.91. The molecule has 8 nitrogen and oxygen atoms in total. The van der Waals surface area contributed by atoms with Crippen molar-refractivity contribution in [1.29, 1.82) is 0 Å². The number of aliphatic hydroxyl groups is 2. The van der Waals surface area contributed by atoms with Crippen LogP contribution in [0.25, 0.3) is 22.6 Å². The monoisotopic (exact) mass is 565 g/mol. The molecule has 2 aromatic carbocycles. The number of nitrogens with zero attached hydrogens (tertiary/aromatic N) is 5. The first-order valence-electron chi connectivity index (χ1n) is 15.2. The lowest BCUT2D eigenvalue weighted by atomic mass is 9.71. The summed E-state index contributed by atoms with van der Waals surface area (Å²) in [4.78, 5) is 13.5. The van der Waals surface area contributed by atoms with E-state index in [4.69, 9.17) is 4.52 Å². The quantitative estimate of drug-likeness (QED) is 0.370. The van der Waals surface area contributed by atoms with Crippen molar-refractivity contribution in [2.45, 2.75) is 43.8 Å². The lowest BCUT2D eigenvalue weighted by molar-refractivity contribution is -0.118. The van der Waals surface area contributed by atoms with Gasteiger partial charge in [-0.15, -0.1) is 0 Å². The van der Waals surface area contributed by atoms with Crippen LogP contribution in [0, 0.1) is 18.8 Å². The molecule has 0 spiro atoms. The van der Waals surface area contributed by atoms with Crippen molar-refractivity contribution in [3.05, 3.63) is 89.9 Å². The number of pyridine rings is 1. The Hall–Kier alpha value is -3.43. The highest BCUT2D eigenvalue weighted by Gasteiger charge is 2.47. The Morgan fingerprint density at radius 3 is 1.76 bits per heavy atom. The van der Waals surface area contributed by atoms with Crippen LogP contribution >= 0.6 is 0 Å². The minimum absolute atomic E-state index is 0.376. The molecule has 0 radical (unpaired) electrons. The minimum Gasteiger partial charge on any atom is -0.384 e. The molecule has 2 unspecified atom stereocenters. The highest BCUT2D eigenvalue weighted by atomic mass is 16.5. The molecule has 6 saturated heterocycles. The van der Waals surface area contributed by atoms with Gasteiger partial charge in [-0.2, -0.15) is 4.98 Å². The van der Waals surface area contributed by atoms with Crippen molar-refractivity contribution < 1.29 is 14.7 Å². The van der Waals surface area contributed by atoms with E-state index in [1.807, 2.05) is 54.7 Å². The summed E-state index contributed by atoms with van der Waals surface area (Å²) in [6, 6.07) is 22.2. The summed E-state index contributed by atoms with van der Waals surface area (Å²) in [5, 5.41) is 26.1. The molecule has 0 saturated carbocycles. The highest BCUT2D eigenvalue weighted by molar-refractivity contribution is 5.59. The van der Waals surface area contributed by atoms with Gasteiger partial charge in [0.25, 0.3) is 0 Å². The third-order valence-electron chi connectivity index (χ3n) is 9.96. The van der Waals surface area contributed by atoms with Crippen LogP contribution in [0.15, 0.2) is 77.4 Å². The molecule has 10 rings (SSSR count). The summed E-state index contributed by atoms with van der Waals surface area (Å²) >= 11 is 0. The molecule has 4 bridgehead atoms. The van der Waals surface area contributed by atoms with Crippen LogP contribution in [0.3, 0.4) is 0 Å². The maximum atomic E-state index is 11.1. The van der Waals surface area contributed by atoms with Crippen LogP contribution in [0.1, 0.15) is 42.7 Å². The van der Waals surface area contributed by atoms with Crippen LogP contribution in [0.2, 0.25) is 0 Å². The van der Waals surface area contributed by atoms with Crippen LogP contribution in [0.4, 0.5) is 0 Å². The summed E-state index contributed by atoms with van der Waals surface area (Å²) < 4.78 is 5.01. The molecular formula is C34H39N5O3. The smallest absolute Gasteiger partial charge is 0.223 e. The Morgan fingerprint density at radius 2 is 1.29 bits per heavy atom. The van der Waals surface area contributed by atoms with Gasteiger partial charge < -0.3 is 24.5 Å². The fourth-order valence-electron chi connectivity index (χ4n) is 7.49. The number of rotatable bonds is 4. The van der Waals surface area contributed by atoms with Gasteiger partial charge in [0.2, 0.25) is 11.7 Å². The average molecular weight is 566 g/mol. The Bertz CT molecular complexity index is 1490. The van der Waals surface area contributed by atoms with Gasteiger partial charge in [-0.25, -0.2) is 0 Å².